The van der Waals surface area contributed by atoms with Gasteiger partial charge in [0.1, 0.15) is 45.0 Å². The highest BCUT2D eigenvalue weighted by Crippen LogP contribution is 2.20. The van der Waals surface area contributed by atoms with E-state index in [1.165, 1.54) is 25.0 Å². The Balaban J connectivity index is -0.000000710. The minimum absolute atomic E-state index is 0. The number of piperidine rings is 4. The van der Waals surface area contributed by atoms with Gasteiger partial charge in [0.2, 0.25) is 9.23 Å². The van der Waals surface area contributed by atoms with Gasteiger partial charge in [-0.15, -0.1) is 35.6 Å². The van der Waals surface area contributed by atoms with E-state index in [9.17, 15) is 38.5 Å². The Labute approximate surface area is 400 Å². The second-order valence-electron chi connectivity index (χ2n) is 16.0. The van der Waals surface area contributed by atoms with E-state index in [1.807, 2.05) is 20.8 Å². The number of likely N-dealkylation sites (tertiary alicyclic amines) is 3. The van der Waals surface area contributed by atoms with Gasteiger partial charge < -0.3 is 35.0 Å². The van der Waals surface area contributed by atoms with Gasteiger partial charge >= 0.3 is 6.09 Å². The van der Waals surface area contributed by atoms with Gasteiger partial charge in [0, 0.05) is 84.3 Å². The second-order valence-corrected chi connectivity index (χ2v) is 28.6. The van der Waals surface area contributed by atoms with Crippen LogP contribution in [0.25, 0.3) is 0 Å². The molecule has 0 bridgehead atoms. The summed E-state index contributed by atoms with van der Waals surface area (Å²) in [5.74, 6) is 0.976. The summed E-state index contributed by atoms with van der Waals surface area (Å²) >= 11 is 10.5. The van der Waals surface area contributed by atoms with Crippen LogP contribution in [0.3, 0.4) is 0 Å². The summed E-state index contributed by atoms with van der Waals surface area (Å²) in [5, 5.41) is 18.9. The first kappa shape index (κ1) is 66.7. The molecule has 4 fully saturated rings. The van der Waals surface area contributed by atoms with Crippen molar-refractivity contribution >= 4 is 112 Å². The topological polar surface area (TPSA) is 242 Å². The van der Waals surface area contributed by atoms with Crippen LogP contribution in [0.4, 0.5) is 4.79 Å². The molecule has 0 saturated carbocycles. The maximum absolute atomic E-state index is 11.7. The largest absolute Gasteiger partial charge is 0.444 e. The number of β-amino-alcohol motifs (C(OH)–C–C–N with tert-alkyl or cyclic N) is 1. The highest BCUT2D eigenvalue weighted by molar-refractivity contribution is 8.26. The maximum atomic E-state index is 11.7. The van der Waals surface area contributed by atoms with E-state index in [4.69, 9.17) is 42.4 Å². The Bertz CT molecular complexity index is 1610. The van der Waals surface area contributed by atoms with Crippen molar-refractivity contribution in [3.63, 3.8) is 0 Å². The summed E-state index contributed by atoms with van der Waals surface area (Å²) in [4.78, 5) is 17.6. The minimum atomic E-state index is -2.99. The van der Waals surface area contributed by atoms with Crippen molar-refractivity contribution in [1.29, 1.82) is 0 Å². The predicted molar refractivity (Wildman–Crippen MR) is 258 cm³/mol. The van der Waals surface area contributed by atoms with Crippen molar-refractivity contribution in [2.45, 2.75) is 98.7 Å². The van der Waals surface area contributed by atoms with Gasteiger partial charge in [0.05, 0.1) is 34.2 Å². The number of aliphatic hydroxyl groups is 2. The SMILES string of the molecule is CC(C)(C)OC(=O)N1CCC(S(C)(=O)=O)CC1.CS(=O)(=O)C1CCN(CCCl)CC1.CS(=O)(=O)C1CCN(CCO)CC1.CS(=O)(=O)C1CCNCC1.Cl.O=S(Cl)Cl.OCCCl. The van der Waals surface area contributed by atoms with Crippen LogP contribution in [0.2, 0.25) is 0 Å². The molecule has 4 saturated heterocycles. The molecule has 0 atom stereocenters. The lowest BCUT2D eigenvalue weighted by Crippen LogP contribution is -2.44. The molecule has 0 unspecified atom stereocenters. The fourth-order valence-electron chi connectivity index (χ4n) is 6.40. The number of amides is 1. The summed E-state index contributed by atoms with van der Waals surface area (Å²) < 4.78 is 104. The first-order chi connectivity index (χ1) is 27.9. The molecule has 0 spiro atoms. The van der Waals surface area contributed by atoms with Crippen molar-refractivity contribution in [1.82, 2.24) is 20.0 Å². The van der Waals surface area contributed by atoms with E-state index >= 15 is 0 Å². The number of nitrogens with zero attached hydrogens (tertiary/aromatic N) is 3. The number of halogens is 5. The van der Waals surface area contributed by atoms with E-state index in [0.717, 1.165) is 71.5 Å². The fraction of sp³-hybridized carbons (Fsp3) is 0.971. The fourth-order valence-corrected chi connectivity index (χ4v) is 10.9. The second kappa shape index (κ2) is 33.9. The molecule has 0 aromatic carbocycles. The number of alkyl halides is 2. The van der Waals surface area contributed by atoms with Gasteiger partial charge in [-0.3, -0.25) is 0 Å². The Hall–Kier alpha value is 0.470. The number of nitrogens with one attached hydrogen (secondary N) is 1. The number of aliphatic hydroxyl groups excluding tert-OH is 2. The van der Waals surface area contributed by atoms with Gasteiger partial charge in [0.25, 0.3) is 0 Å². The summed E-state index contributed by atoms with van der Waals surface area (Å²) in [6, 6.07) is 0. The molecular formula is C35H73Cl5N4O13S5. The van der Waals surface area contributed by atoms with Crippen molar-refractivity contribution in [2.75, 3.05) is 115 Å². The molecule has 3 N–H and O–H groups in total. The number of hydrogen-bond acceptors (Lipinski definition) is 16. The number of hydrogen-bond donors (Lipinski definition) is 3. The van der Waals surface area contributed by atoms with Crippen LogP contribution >= 0.6 is 57.0 Å². The summed E-state index contributed by atoms with van der Waals surface area (Å²) in [6.45, 7) is 13.1. The Morgan fingerprint density at radius 1 is 0.613 bits per heavy atom. The average molecular weight is 1100 g/mol. The monoisotopic (exact) mass is 1090 g/mol. The van der Waals surface area contributed by atoms with Crippen LogP contribution in [0.1, 0.15) is 72.1 Å². The van der Waals surface area contributed by atoms with Gasteiger partial charge in [-0.25, -0.2) is 42.7 Å². The van der Waals surface area contributed by atoms with Crippen LogP contribution in [0.5, 0.6) is 0 Å². The molecule has 4 aliphatic heterocycles. The molecule has 0 aromatic rings. The van der Waals surface area contributed by atoms with E-state index < -0.39 is 54.2 Å². The van der Waals surface area contributed by atoms with Crippen molar-refractivity contribution < 1.29 is 57.6 Å². The molecule has 0 radical (unpaired) electrons. The highest BCUT2D eigenvalue weighted by atomic mass is 36.0. The molecule has 62 heavy (non-hydrogen) atoms. The molecule has 4 aliphatic rings. The van der Waals surface area contributed by atoms with E-state index in [0.29, 0.717) is 57.1 Å². The lowest BCUT2D eigenvalue weighted by Gasteiger charge is -2.32. The third-order valence-corrected chi connectivity index (χ3v) is 16.8. The summed E-state index contributed by atoms with van der Waals surface area (Å²) in [5.41, 5.74) is -0.509. The van der Waals surface area contributed by atoms with Crippen molar-refractivity contribution in [3.05, 3.63) is 0 Å². The van der Waals surface area contributed by atoms with Crippen molar-refractivity contribution in [2.24, 2.45) is 0 Å². The minimum Gasteiger partial charge on any atom is -0.444 e. The predicted octanol–water partition coefficient (Wildman–Crippen LogP) is 3.12. The van der Waals surface area contributed by atoms with Crippen LogP contribution in [-0.2, 0) is 53.3 Å². The van der Waals surface area contributed by atoms with Crippen LogP contribution in [0.15, 0.2) is 0 Å². The summed E-state index contributed by atoms with van der Waals surface area (Å²) in [6.07, 6.45) is 10.3. The lowest BCUT2D eigenvalue weighted by molar-refractivity contribution is 0.0217. The zero-order chi connectivity index (χ0) is 47.7. The van der Waals surface area contributed by atoms with Crippen LogP contribution in [0, 0.1) is 0 Å². The molecular weight excluding hydrogens is 1020 g/mol. The Morgan fingerprint density at radius 2 is 0.903 bits per heavy atom. The first-order valence-corrected chi connectivity index (χ1v) is 31.6. The first-order valence-electron chi connectivity index (χ1n) is 19.9. The molecule has 1 amide bonds. The lowest BCUT2D eigenvalue weighted by atomic mass is 10.1. The van der Waals surface area contributed by atoms with E-state index in [-0.39, 0.29) is 52.7 Å². The average Bonchev–Trinajstić information content (AvgIpc) is 3.15. The number of carbonyl (C=O) groups excluding carboxylic acids is 1. The maximum Gasteiger partial charge on any atom is 0.410 e. The zero-order valence-corrected chi connectivity index (χ0v) is 45.0. The normalized spacial score (nSPS) is 19.2. The van der Waals surface area contributed by atoms with E-state index in [1.54, 1.807) is 4.90 Å². The van der Waals surface area contributed by atoms with Crippen LogP contribution in [-0.4, -0.2) is 211 Å². The van der Waals surface area contributed by atoms with Gasteiger partial charge in [-0.2, -0.15) is 0 Å². The van der Waals surface area contributed by atoms with Gasteiger partial charge in [0.15, 0.2) is 0 Å². The Kier molecular flexibility index (Phi) is 36.5. The molecule has 27 heteroatoms. The number of ether oxygens (including phenoxy) is 1. The van der Waals surface area contributed by atoms with Crippen LogP contribution < -0.4 is 5.32 Å². The number of carbonyl (C=O) groups is 1. The molecule has 0 aromatic heterocycles. The van der Waals surface area contributed by atoms with E-state index in [2.05, 4.69) is 36.5 Å². The molecule has 0 aliphatic carbocycles. The number of rotatable bonds is 9. The molecule has 17 nitrogen and oxygen atoms in total. The standard InChI is InChI=1S/C11H21NO4S.C8H16ClNO2S.C8H17NO3S.C6H13NO2S.C2H5ClO.Cl2OS.ClH/c1-11(2,3)16-10(13)12-7-5-9(6-8-12)17(4,14)15;1-13(11,12)8-2-5-10(6-3-8)7-4-9;1-13(11,12)8-2-4-9(5-3-8)6-7-10;1-10(8,9)6-2-4-7-5-3-6;3-1-2-4;1-4(2)3;/h9H,5-8H2,1-4H3;8H,2-7H2,1H3;8,10H,2-7H2,1H3;6-7H,2-5H2,1H3;4H,1-2H2;;1H. The molecule has 4 rings (SSSR count). The smallest absolute Gasteiger partial charge is 0.410 e. The Morgan fingerprint density at radius 3 is 1.15 bits per heavy atom. The number of sulfone groups is 4. The molecule has 376 valence electrons. The quantitative estimate of drug-likeness (QED) is 0.222. The molecule has 4 heterocycles. The highest BCUT2D eigenvalue weighted by Gasteiger charge is 2.31. The third kappa shape index (κ3) is 34.7. The third-order valence-electron chi connectivity index (χ3n) is 9.77. The zero-order valence-electron chi connectivity index (χ0n) is 37.1. The van der Waals surface area contributed by atoms with Gasteiger partial charge in [-0.1, -0.05) is 0 Å². The summed E-state index contributed by atoms with van der Waals surface area (Å²) in [7, 11) is -4.07. The van der Waals surface area contributed by atoms with Crippen molar-refractivity contribution in [3.8, 4) is 0 Å². The van der Waals surface area contributed by atoms with Gasteiger partial charge in [-0.05, 0) is 111 Å².